The Balaban J connectivity index is 0. The van der Waals surface area contributed by atoms with Gasteiger partial charge in [-0.1, -0.05) is 0 Å². The fourth-order valence-corrected chi connectivity index (χ4v) is 0. The molecule has 6 nitrogen and oxygen atoms in total. The van der Waals surface area contributed by atoms with E-state index in [4.69, 9.17) is 19.9 Å². The summed E-state index contributed by atoms with van der Waals surface area (Å²) < 4.78 is 0. The van der Waals surface area contributed by atoms with Gasteiger partial charge in [0.15, 0.2) is 0 Å². The van der Waals surface area contributed by atoms with Crippen molar-refractivity contribution in [3.8, 4) is 0 Å². The molecule has 0 heterocycles. The van der Waals surface area contributed by atoms with Gasteiger partial charge >= 0.3 is 6.09 Å². The van der Waals surface area contributed by atoms with E-state index < -0.39 is 6.09 Å². The number of carbonyl (C=O) groups excluding carboxylic acids is 1. The largest absolute Gasteiger partial charge is 0.465 e. The zero-order valence-electron chi connectivity index (χ0n) is 3.87. The Kier molecular flexibility index (Phi) is 11.3. The first-order valence-corrected chi connectivity index (χ1v) is 1.46. The molecule has 8 heavy (non-hydrogen) atoms. The van der Waals surface area contributed by atoms with Gasteiger partial charge in [-0.15, -0.1) is 0 Å². The van der Waals surface area contributed by atoms with Gasteiger partial charge in [0.1, 0.15) is 0 Å². The van der Waals surface area contributed by atoms with Gasteiger partial charge in [0.25, 0.3) is 0 Å². The first-order valence-electron chi connectivity index (χ1n) is 1.46. The third kappa shape index (κ3) is 715. The number of amides is 2. The van der Waals surface area contributed by atoms with E-state index in [9.17, 15) is 0 Å². The Morgan fingerprint density at radius 1 is 1.75 bits per heavy atom. The average Bonchev–Trinajstić information content (AvgIpc) is 1.65. The smallest absolute Gasteiger partial charge is 0.402 e. The second-order valence-corrected chi connectivity index (χ2v) is 0.585. The molecule has 5 N–H and O–H groups in total. The monoisotopic (exact) mass is 122 g/mol. The number of hydrogen-bond donors (Lipinski definition) is 4. The summed E-state index contributed by atoms with van der Waals surface area (Å²) in [7, 11) is 0. The van der Waals surface area contributed by atoms with E-state index in [2.05, 4.69) is 5.73 Å². The van der Waals surface area contributed by atoms with Crippen molar-refractivity contribution in [1.82, 2.24) is 5.48 Å². The number of nitrogens with two attached hydrogens (primary N) is 1. The van der Waals surface area contributed by atoms with E-state index in [-0.39, 0.29) is 6.41 Å². The molecule has 48 valence electrons. The molecule has 0 fully saturated rings. The molecule has 0 radical (unpaired) electrons. The summed E-state index contributed by atoms with van der Waals surface area (Å²) in [4.78, 5) is 17.6. The summed E-state index contributed by atoms with van der Waals surface area (Å²) in [6.07, 6.45) is -1.15. The quantitative estimate of drug-likeness (QED) is 0.197. The Labute approximate surface area is 44.9 Å². The van der Waals surface area contributed by atoms with Gasteiger partial charge in [0, 0.05) is 0 Å². The number of carbonyl (C=O) groups is 2. The van der Waals surface area contributed by atoms with Crippen molar-refractivity contribution in [2.75, 3.05) is 0 Å². The summed E-state index contributed by atoms with van der Waals surface area (Å²) in [5.41, 5.74) is 5.28. The van der Waals surface area contributed by atoms with Crippen molar-refractivity contribution in [3.63, 3.8) is 0 Å². The molecule has 0 rings (SSSR count). The Morgan fingerprint density at radius 2 is 1.88 bits per heavy atom. The SMILES string of the molecule is NC(=O)O.O=CNO. The highest BCUT2D eigenvalue weighted by Gasteiger charge is 1.65. The van der Waals surface area contributed by atoms with Crippen LogP contribution in [0.2, 0.25) is 0 Å². The van der Waals surface area contributed by atoms with Crippen molar-refractivity contribution in [2.45, 2.75) is 0 Å². The third-order valence-electron chi connectivity index (χ3n) is 0.0527. The minimum absolute atomic E-state index is 0.181. The predicted molar refractivity (Wildman–Crippen MR) is 23.2 cm³/mol. The number of hydroxylamine groups is 1. The normalized spacial score (nSPS) is 5.62. The van der Waals surface area contributed by atoms with Gasteiger partial charge in [-0.2, -0.15) is 0 Å². The fourth-order valence-electron chi connectivity index (χ4n) is 0. The number of carboxylic acid groups (broad SMARTS) is 1. The zero-order valence-corrected chi connectivity index (χ0v) is 3.87. The van der Waals surface area contributed by atoms with Crippen LogP contribution in [0.4, 0.5) is 4.79 Å². The third-order valence-corrected chi connectivity index (χ3v) is 0.0527. The minimum Gasteiger partial charge on any atom is -0.465 e. The molecule has 0 bridgehead atoms. The topological polar surface area (TPSA) is 113 Å². The standard InChI is InChI=1S/2CH3NO2/c3-1-2-4;2-1(3)4/h1,4H,(H,2,3);2H2,(H,3,4). The zero-order chi connectivity index (χ0) is 6.99. The molecule has 0 aromatic heterocycles. The number of hydrogen-bond acceptors (Lipinski definition) is 3. The summed E-state index contributed by atoms with van der Waals surface area (Å²) in [6, 6.07) is 0. The Hall–Kier alpha value is -1.30. The number of rotatable bonds is 1. The number of nitrogens with one attached hydrogen (secondary N) is 1. The van der Waals surface area contributed by atoms with Crippen molar-refractivity contribution in [1.29, 1.82) is 0 Å². The van der Waals surface area contributed by atoms with E-state index in [1.807, 2.05) is 0 Å². The maximum atomic E-state index is 8.81. The van der Waals surface area contributed by atoms with Crippen LogP contribution in [0.3, 0.4) is 0 Å². The first kappa shape index (κ1) is 9.85. The predicted octanol–water partition coefficient (Wildman–Crippen LogP) is -1.26. The van der Waals surface area contributed by atoms with Crippen LogP contribution in [0, 0.1) is 0 Å². The molecule has 0 saturated heterocycles. The summed E-state index contributed by atoms with van der Waals surface area (Å²) in [6.45, 7) is 0. The maximum absolute atomic E-state index is 8.81. The molecule has 0 saturated carbocycles. The lowest BCUT2D eigenvalue weighted by atomic mass is 11.3. The van der Waals surface area contributed by atoms with Crippen molar-refractivity contribution in [3.05, 3.63) is 0 Å². The molecule has 0 aromatic carbocycles. The highest BCUT2D eigenvalue weighted by Crippen LogP contribution is 1.34. The van der Waals surface area contributed by atoms with Crippen LogP contribution in [-0.4, -0.2) is 22.8 Å². The number of primary amides is 1. The molecule has 0 aliphatic heterocycles. The van der Waals surface area contributed by atoms with Crippen LogP contribution in [0.5, 0.6) is 0 Å². The van der Waals surface area contributed by atoms with E-state index in [0.29, 0.717) is 0 Å². The van der Waals surface area contributed by atoms with Crippen LogP contribution in [-0.2, 0) is 4.79 Å². The van der Waals surface area contributed by atoms with Crippen LogP contribution in [0.15, 0.2) is 0 Å². The van der Waals surface area contributed by atoms with Crippen molar-refractivity contribution in [2.24, 2.45) is 5.73 Å². The second-order valence-electron chi connectivity index (χ2n) is 0.585. The van der Waals surface area contributed by atoms with Crippen LogP contribution >= 0.6 is 0 Å². The molecule has 2 amide bonds. The lowest BCUT2D eigenvalue weighted by Gasteiger charge is -1.64. The fraction of sp³-hybridized carbons (Fsp3) is 0. The van der Waals surface area contributed by atoms with Gasteiger partial charge in [0.05, 0.1) is 0 Å². The van der Waals surface area contributed by atoms with Crippen molar-refractivity contribution < 1.29 is 19.9 Å². The van der Waals surface area contributed by atoms with Gasteiger partial charge in [-0.05, 0) is 0 Å². The van der Waals surface area contributed by atoms with Crippen molar-refractivity contribution >= 4 is 12.5 Å². The molecule has 0 spiro atoms. The van der Waals surface area contributed by atoms with E-state index in [1.165, 1.54) is 5.48 Å². The molecule has 0 aliphatic rings. The summed E-state index contributed by atoms with van der Waals surface area (Å²) in [5, 5.41) is 14.5. The summed E-state index contributed by atoms with van der Waals surface area (Å²) >= 11 is 0. The Morgan fingerprint density at radius 3 is 1.88 bits per heavy atom. The molecule has 0 unspecified atom stereocenters. The molecule has 0 atom stereocenters. The highest BCUT2D eigenvalue weighted by molar-refractivity contribution is 5.61. The maximum Gasteiger partial charge on any atom is 0.402 e. The minimum atomic E-state index is -1.33. The second kappa shape index (κ2) is 9.20. The van der Waals surface area contributed by atoms with Gasteiger partial charge in [0.2, 0.25) is 6.41 Å². The molecule has 0 aliphatic carbocycles. The Bertz CT molecular complexity index is 68.4. The summed E-state index contributed by atoms with van der Waals surface area (Å²) in [5.74, 6) is 0. The average molecular weight is 122 g/mol. The molecule has 6 heteroatoms. The highest BCUT2D eigenvalue weighted by atomic mass is 16.5. The van der Waals surface area contributed by atoms with E-state index >= 15 is 0 Å². The van der Waals surface area contributed by atoms with Crippen LogP contribution in [0.25, 0.3) is 0 Å². The molecular weight excluding hydrogens is 116 g/mol. The van der Waals surface area contributed by atoms with E-state index in [0.717, 1.165) is 0 Å². The molecule has 0 aromatic rings. The molecular formula is C2H6N2O4. The lowest BCUT2D eigenvalue weighted by Crippen LogP contribution is -2.03. The van der Waals surface area contributed by atoms with Gasteiger partial charge in [-0.3, -0.25) is 10.0 Å². The van der Waals surface area contributed by atoms with E-state index in [1.54, 1.807) is 0 Å². The van der Waals surface area contributed by atoms with Crippen LogP contribution < -0.4 is 11.2 Å². The van der Waals surface area contributed by atoms with Gasteiger partial charge < -0.3 is 10.8 Å². The van der Waals surface area contributed by atoms with Crippen LogP contribution in [0.1, 0.15) is 0 Å². The lowest BCUT2D eigenvalue weighted by molar-refractivity contribution is -0.116. The first-order chi connectivity index (χ1) is 3.65. The van der Waals surface area contributed by atoms with Gasteiger partial charge in [-0.25, -0.2) is 10.3 Å².